The number of ether oxygens (including phenoxy) is 1. The first kappa shape index (κ1) is 12.6. The van der Waals surface area contributed by atoms with Crippen molar-refractivity contribution in [1.29, 1.82) is 0 Å². The lowest BCUT2D eigenvalue weighted by molar-refractivity contribution is -0.0122. The van der Waals surface area contributed by atoms with Gasteiger partial charge in [-0.1, -0.05) is 12.8 Å². The third-order valence-corrected chi connectivity index (χ3v) is 3.56. The molecule has 4 heteroatoms. The molecule has 0 aliphatic heterocycles. The Kier molecular flexibility index (Phi) is 4.57. The maximum absolute atomic E-state index is 5.96. The van der Waals surface area contributed by atoms with Crippen molar-refractivity contribution in [2.24, 2.45) is 11.7 Å². The molecule has 1 saturated carbocycles. The molecule has 2 atom stereocenters. The molecule has 1 heterocycles. The molecule has 17 heavy (non-hydrogen) atoms. The van der Waals surface area contributed by atoms with Crippen molar-refractivity contribution in [2.75, 3.05) is 13.2 Å². The molecule has 0 aromatic carbocycles. The average Bonchev–Trinajstić information content (AvgIpc) is 2.76. The number of hydrogen-bond acceptors (Lipinski definition) is 3. The third-order valence-electron chi connectivity index (χ3n) is 3.56. The van der Waals surface area contributed by atoms with Crippen molar-refractivity contribution >= 4 is 0 Å². The summed E-state index contributed by atoms with van der Waals surface area (Å²) in [7, 11) is 0. The molecule has 96 valence electrons. The van der Waals surface area contributed by atoms with Crippen LogP contribution in [0.2, 0.25) is 0 Å². The molecule has 0 bridgehead atoms. The molecule has 1 aromatic rings. The highest BCUT2D eigenvalue weighted by molar-refractivity contribution is 4.99. The summed E-state index contributed by atoms with van der Waals surface area (Å²) in [6.45, 7) is 4.38. The van der Waals surface area contributed by atoms with Crippen LogP contribution >= 0.6 is 0 Å². The fourth-order valence-electron chi connectivity index (χ4n) is 2.55. The summed E-state index contributed by atoms with van der Waals surface area (Å²) >= 11 is 0. The van der Waals surface area contributed by atoms with E-state index in [0.717, 1.165) is 19.7 Å². The summed E-state index contributed by atoms with van der Waals surface area (Å²) in [5.74, 6) is 0.558. The zero-order chi connectivity index (χ0) is 12.1. The minimum absolute atomic E-state index is 0.366. The second-order valence-corrected chi connectivity index (χ2v) is 4.97. The minimum Gasteiger partial charge on any atom is -0.376 e. The van der Waals surface area contributed by atoms with Gasteiger partial charge in [0.05, 0.1) is 25.5 Å². The quantitative estimate of drug-likeness (QED) is 0.848. The Balaban J connectivity index is 1.73. The van der Waals surface area contributed by atoms with E-state index in [1.54, 1.807) is 0 Å². The lowest BCUT2D eigenvalue weighted by Crippen LogP contribution is -2.33. The van der Waals surface area contributed by atoms with E-state index in [9.17, 15) is 0 Å². The molecular weight excluding hydrogens is 214 g/mol. The number of aryl methyl sites for hydroxylation is 1. The third kappa shape index (κ3) is 3.54. The Morgan fingerprint density at radius 2 is 2.29 bits per heavy atom. The molecule has 0 radical (unpaired) electrons. The molecule has 1 aromatic heterocycles. The number of rotatable bonds is 5. The summed E-state index contributed by atoms with van der Waals surface area (Å²) in [5, 5.41) is 4.25. The van der Waals surface area contributed by atoms with Crippen LogP contribution < -0.4 is 5.73 Å². The van der Waals surface area contributed by atoms with E-state index in [1.165, 1.54) is 31.2 Å². The zero-order valence-corrected chi connectivity index (χ0v) is 10.6. The van der Waals surface area contributed by atoms with E-state index in [-0.39, 0.29) is 0 Å². The Morgan fingerprint density at radius 1 is 1.47 bits per heavy atom. The molecule has 2 rings (SSSR count). The topological polar surface area (TPSA) is 53.1 Å². The first-order chi connectivity index (χ1) is 8.29. The highest BCUT2D eigenvalue weighted by Crippen LogP contribution is 2.25. The van der Waals surface area contributed by atoms with Gasteiger partial charge in [-0.25, -0.2) is 0 Å². The largest absolute Gasteiger partial charge is 0.376 e. The second-order valence-electron chi connectivity index (χ2n) is 4.97. The number of nitrogens with zero attached hydrogens (tertiary/aromatic N) is 2. The molecule has 0 amide bonds. The van der Waals surface area contributed by atoms with Crippen LogP contribution in [0.1, 0.15) is 31.2 Å². The van der Waals surface area contributed by atoms with Crippen molar-refractivity contribution in [1.82, 2.24) is 9.78 Å². The first-order valence-corrected chi connectivity index (χ1v) is 6.60. The number of hydrogen-bond donors (Lipinski definition) is 1. The van der Waals surface area contributed by atoms with Gasteiger partial charge < -0.3 is 10.5 Å². The smallest absolute Gasteiger partial charge is 0.0666 e. The molecular formula is C13H23N3O. The summed E-state index contributed by atoms with van der Waals surface area (Å²) in [6.07, 6.45) is 9.27. The molecule has 2 N–H and O–H groups in total. The zero-order valence-electron chi connectivity index (χ0n) is 10.6. The molecule has 0 saturated heterocycles. The van der Waals surface area contributed by atoms with Crippen molar-refractivity contribution in [2.45, 2.75) is 45.3 Å². The van der Waals surface area contributed by atoms with Crippen LogP contribution in [0.25, 0.3) is 0 Å². The van der Waals surface area contributed by atoms with Crippen LogP contribution in [-0.4, -0.2) is 29.0 Å². The van der Waals surface area contributed by atoms with Gasteiger partial charge in [0.1, 0.15) is 0 Å². The lowest BCUT2D eigenvalue weighted by Gasteiger charge is -2.30. The van der Waals surface area contributed by atoms with Crippen LogP contribution in [0.15, 0.2) is 12.4 Å². The van der Waals surface area contributed by atoms with Crippen LogP contribution in [0, 0.1) is 12.8 Å². The molecule has 1 aliphatic carbocycles. The van der Waals surface area contributed by atoms with Gasteiger partial charge in [0.25, 0.3) is 0 Å². The van der Waals surface area contributed by atoms with E-state index in [1.807, 2.05) is 17.1 Å². The van der Waals surface area contributed by atoms with Crippen LogP contribution in [0.4, 0.5) is 0 Å². The number of aromatic nitrogens is 2. The fourth-order valence-corrected chi connectivity index (χ4v) is 2.55. The maximum Gasteiger partial charge on any atom is 0.0666 e. The predicted molar refractivity (Wildman–Crippen MR) is 67.7 cm³/mol. The van der Waals surface area contributed by atoms with E-state index < -0.39 is 0 Å². The van der Waals surface area contributed by atoms with Crippen molar-refractivity contribution in [3.05, 3.63) is 18.0 Å². The highest BCUT2D eigenvalue weighted by Gasteiger charge is 2.24. The van der Waals surface area contributed by atoms with Gasteiger partial charge in [-0.3, -0.25) is 4.68 Å². The Hall–Kier alpha value is -0.870. The Labute approximate surface area is 103 Å². The normalized spacial score (nSPS) is 25.1. The van der Waals surface area contributed by atoms with Crippen LogP contribution in [0.3, 0.4) is 0 Å². The van der Waals surface area contributed by atoms with Crippen molar-refractivity contribution in [3.8, 4) is 0 Å². The number of nitrogens with two attached hydrogens (primary N) is 1. The van der Waals surface area contributed by atoms with Gasteiger partial charge in [-0.2, -0.15) is 5.10 Å². The Morgan fingerprint density at radius 3 is 3.00 bits per heavy atom. The van der Waals surface area contributed by atoms with Gasteiger partial charge in [-0.05, 0) is 37.8 Å². The van der Waals surface area contributed by atoms with Gasteiger partial charge >= 0.3 is 0 Å². The van der Waals surface area contributed by atoms with Gasteiger partial charge in [0, 0.05) is 6.20 Å². The van der Waals surface area contributed by atoms with Crippen molar-refractivity contribution in [3.63, 3.8) is 0 Å². The van der Waals surface area contributed by atoms with E-state index in [0.29, 0.717) is 12.0 Å². The van der Waals surface area contributed by atoms with Crippen molar-refractivity contribution < 1.29 is 4.74 Å². The SMILES string of the molecule is Cc1cnn(CCOC2CCCCC2CN)c1. The van der Waals surface area contributed by atoms with E-state index in [2.05, 4.69) is 12.0 Å². The molecule has 1 aliphatic rings. The Bertz CT molecular complexity index is 337. The first-order valence-electron chi connectivity index (χ1n) is 6.60. The standard InChI is InChI=1S/C13H23N3O/c1-11-9-15-16(10-11)6-7-17-13-5-3-2-4-12(13)8-14/h9-10,12-13H,2-8,14H2,1H3. The highest BCUT2D eigenvalue weighted by atomic mass is 16.5. The maximum atomic E-state index is 5.96. The second kappa shape index (κ2) is 6.17. The summed E-state index contributed by atoms with van der Waals surface area (Å²) in [5.41, 5.74) is 6.98. The molecule has 0 spiro atoms. The van der Waals surface area contributed by atoms with Crippen LogP contribution in [0.5, 0.6) is 0 Å². The lowest BCUT2D eigenvalue weighted by atomic mass is 9.86. The summed E-state index contributed by atoms with van der Waals surface area (Å²) in [4.78, 5) is 0. The molecule has 4 nitrogen and oxygen atoms in total. The summed E-state index contributed by atoms with van der Waals surface area (Å²) < 4.78 is 7.90. The van der Waals surface area contributed by atoms with Gasteiger partial charge in [0.2, 0.25) is 0 Å². The molecule has 1 fully saturated rings. The molecule has 2 unspecified atom stereocenters. The fraction of sp³-hybridized carbons (Fsp3) is 0.769. The minimum atomic E-state index is 0.366. The van der Waals surface area contributed by atoms with Crippen LogP contribution in [-0.2, 0) is 11.3 Å². The van der Waals surface area contributed by atoms with Gasteiger partial charge in [-0.15, -0.1) is 0 Å². The van der Waals surface area contributed by atoms with E-state index >= 15 is 0 Å². The monoisotopic (exact) mass is 237 g/mol. The predicted octanol–water partition coefficient (Wildman–Crippen LogP) is 1.73. The summed E-state index contributed by atoms with van der Waals surface area (Å²) in [6, 6.07) is 0. The average molecular weight is 237 g/mol. The van der Waals surface area contributed by atoms with Gasteiger partial charge in [0.15, 0.2) is 0 Å². The van der Waals surface area contributed by atoms with E-state index in [4.69, 9.17) is 10.5 Å².